The molecule has 0 amide bonds. The number of pyridine rings is 1. The number of rotatable bonds is 1. The molecule has 0 unspecified atom stereocenters. The van der Waals surface area contributed by atoms with E-state index in [1.54, 1.807) is 18.2 Å². The number of hydrogen-bond acceptors (Lipinski definition) is 4. The van der Waals surface area contributed by atoms with E-state index in [-0.39, 0.29) is 16.6 Å². The Labute approximate surface area is 110 Å². The highest BCUT2D eigenvalue weighted by atomic mass is 16.4. The molecule has 0 aliphatic carbocycles. The number of carbonyl (C=O) groups is 1. The Morgan fingerprint density at radius 3 is 2.70 bits per heavy atom. The maximum atomic E-state index is 11.9. The van der Waals surface area contributed by atoms with Gasteiger partial charge in [0.1, 0.15) is 5.65 Å². The van der Waals surface area contributed by atoms with Crippen LogP contribution in [0.4, 0.5) is 0 Å². The third-order valence-electron chi connectivity index (χ3n) is 3.04. The number of carboxylic acids is 1. The van der Waals surface area contributed by atoms with Crippen LogP contribution in [0.25, 0.3) is 21.9 Å². The van der Waals surface area contributed by atoms with E-state index in [0.29, 0.717) is 10.9 Å². The first-order valence-electron chi connectivity index (χ1n) is 5.77. The second-order valence-corrected chi connectivity index (χ2v) is 4.44. The minimum Gasteiger partial charge on any atom is -0.478 e. The average Bonchev–Trinajstić information content (AvgIpc) is 2.36. The first-order valence-corrected chi connectivity index (χ1v) is 5.77. The first kappa shape index (κ1) is 12.1. The molecule has 20 heavy (non-hydrogen) atoms. The van der Waals surface area contributed by atoms with Gasteiger partial charge >= 0.3 is 11.7 Å². The number of hydrogen-bond donors (Lipinski definition) is 3. The molecule has 2 aromatic heterocycles. The SMILES string of the molecule is Cc1ccc2nc3[nH]c(=O)[nH]c(=O)c3c(C(=O)O)c2c1. The third kappa shape index (κ3) is 1.68. The van der Waals surface area contributed by atoms with Crippen LogP contribution >= 0.6 is 0 Å². The predicted octanol–water partition coefficient (Wildman–Crippen LogP) is 0.771. The lowest BCUT2D eigenvalue weighted by Gasteiger charge is -2.06. The number of aryl methyl sites for hydroxylation is 1. The summed E-state index contributed by atoms with van der Waals surface area (Å²) in [6.07, 6.45) is 0. The molecule has 0 bridgehead atoms. The summed E-state index contributed by atoms with van der Waals surface area (Å²) < 4.78 is 0. The summed E-state index contributed by atoms with van der Waals surface area (Å²) >= 11 is 0. The van der Waals surface area contributed by atoms with Gasteiger partial charge in [0.2, 0.25) is 0 Å². The number of aromatic carboxylic acids is 1. The van der Waals surface area contributed by atoms with Crippen LogP contribution in [-0.2, 0) is 0 Å². The summed E-state index contributed by atoms with van der Waals surface area (Å²) in [4.78, 5) is 43.2. The Morgan fingerprint density at radius 1 is 1.25 bits per heavy atom. The fourth-order valence-electron chi connectivity index (χ4n) is 2.22. The molecule has 3 N–H and O–H groups in total. The van der Waals surface area contributed by atoms with Crippen LogP contribution in [0.5, 0.6) is 0 Å². The quantitative estimate of drug-likeness (QED) is 0.565. The minimum atomic E-state index is -1.24. The highest BCUT2D eigenvalue weighted by Gasteiger charge is 2.18. The molecule has 0 saturated carbocycles. The minimum absolute atomic E-state index is 0.0347. The number of aromatic amines is 2. The lowest BCUT2D eigenvalue weighted by Crippen LogP contribution is -2.24. The van der Waals surface area contributed by atoms with Crippen LogP contribution in [0.2, 0.25) is 0 Å². The number of benzene rings is 1. The zero-order valence-electron chi connectivity index (χ0n) is 10.4. The molecule has 7 nitrogen and oxygen atoms in total. The molecule has 0 radical (unpaired) electrons. The Balaban J connectivity index is 2.70. The summed E-state index contributed by atoms with van der Waals surface area (Å²) in [7, 11) is 0. The van der Waals surface area contributed by atoms with Gasteiger partial charge in [-0.2, -0.15) is 0 Å². The predicted molar refractivity (Wildman–Crippen MR) is 72.2 cm³/mol. The molecule has 0 atom stereocenters. The van der Waals surface area contributed by atoms with Crippen molar-refractivity contribution in [2.45, 2.75) is 6.92 Å². The monoisotopic (exact) mass is 271 g/mol. The highest BCUT2D eigenvalue weighted by molar-refractivity contribution is 6.12. The summed E-state index contributed by atoms with van der Waals surface area (Å²) in [5.74, 6) is -1.24. The largest absolute Gasteiger partial charge is 0.478 e. The zero-order valence-corrected chi connectivity index (χ0v) is 10.4. The third-order valence-corrected chi connectivity index (χ3v) is 3.04. The smallest absolute Gasteiger partial charge is 0.337 e. The van der Waals surface area contributed by atoms with Crippen molar-refractivity contribution >= 4 is 27.9 Å². The molecule has 2 heterocycles. The van der Waals surface area contributed by atoms with Gasteiger partial charge < -0.3 is 5.11 Å². The number of carboxylic acid groups (broad SMARTS) is 1. The van der Waals surface area contributed by atoms with Crippen molar-refractivity contribution in [1.82, 2.24) is 15.0 Å². The van der Waals surface area contributed by atoms with Gasteiger partial charge in [-0.15, -0.1) is 0 Å². The molecule has 7 heteroatoms. The number of fused-ring (bicyclic) bond motifs is 2. The van der Waals surface area contributed by atoms with Crippen LogP contribution in [0.3, 0.4) is 0 Å². The topological polar surface area (TPSA) is 116 Å². The molecule has 3 aromatic rings. The lowest BCUT2D eigenvalue weighted by molar-refractivity contribution is 0.0701. The van der Waals surface area contributed by atoms with Crippen LogP contribution in [-0.4, -0.2) is 26.0 Å². The number of H-pyrrole nitrogens is 2. The molecule has 0 saturated heterocycles. The van der Waals surface area contributed by atoms with Gasteiger partial charge in [0, 0.05) is 5.39 Å². The Hall–Kier alpha value is -2.96. The lowest BCUT2D eigenvalue weighted by atomic mass is 10.0. The van der Waals surface area contributed by atoms with Crippen molar-refractivity contribution in [2.24, 2.45) is 0 Å². The fraction of sp³-hybridized carbons (Fsp3) is 0.0769. The Kier molecular flexibility index (Phi) is 2.43. The van der Waals surface area contributed by atoms with E-state index in [1.165, 1.54) is 0 Å². The molecule has 0 aliphatic heterocycles. The van der Waals surface area contributed by atoms with Gasteiger partial charge in [-0.3, -0.25) is 14.8 Å². The first-order chi connectivity index (χ1) is 9.47. The van der Waals surface area contributed by atoms with Crippen LogP contribution < -0.4 is 11.2 Å². The van der Waals surface area contributed by atoms with Crippen LogP contribution in [0, 0.1) is 6.92 Å². The molecular formula is C13H9N3O4. The molecule has 0 fully saturated rings. The van der Waals surface area contributed by atoms with Gasteiger partial charge in [0.05, 0.1) is 16.5 Å². The van der Waals surface area contributed by atoms with Gasteiger partial charge in [0.15, 0.2) is 0 Å². The molecular weight excluding hydrogens is 262 g/mol. The van der Waals surface area contributed by atoms with E-state index >= 15 is 0 Å². The van der Waals surface area contributed by atoms with E-state index in [4.69, 9.17) is 0 Å². The maximum absolute atomic E-state index is 11.9. The normalized spacial score (nSPS) is 11.1. The number of nitrogens with one attached hydrogen (secondary N) is 2. The van der Waals surface area contributed by atoms with Crippen molar-refractivity contribution in [3.05, 3.63) is 50.2 Å². The fourth-order valence-corrected chi connectivity index (χ4v) is 2.22. The second-order valence-electron chi connectivity index (χ2n) is 4.44. The van der Waals surface area contributed by atoms with Crippen molar-refractivity contribution in [2.75, 3.05) is 0 Å². The molecule has 3 rings (SSSR count). The van der Waals surface area contributed by atoms with E-state index in [0.717, 1.165) is 5.56 Å². The van der Waals surface area contributed by atoms with Crippen molar-refractivity contribution < 1.29 is 9.90 Å². The van der Waals surface area contributed by atoms with Crippen molar-refractivity contribution in [3.63, 3.8) is 0 Å². The van der Waals surface area contributed by atoms with Gasteiger partial charge in [0.25, 0.3) is 5.56 Å². The van der Waals surface area contributed by atoms with E-state index in [9.17, 15) is 19.5 Å². The standard InChI is InChI=1S/C13H9N3O4/c1-5-2-3-7-6(4-5)8(12(18)19)9-10(14-7)15-13(20)16-11(9)17/h2-4H,1H3,(H,18,19)(H2,14,15,16,17,20). The Morgan fingerprint density at radius 2 is 2.00 bits per heavy atom. The van der Waals surface area contributed by atoms with Crippen molar-refractivity contribution in [3.8, 4) is 0 Å². The van der Waals surface area contributed by atoms with Gasteiger partial charge in [-0.05, 0) is 19.1 Å². The zero-order chi connectivity index (χ0) is 14.4. The van der Waals surface area contributed by atoms with Crippen molar-refractivity contribution in [1.29, 1.82) is 0 Å². The Bertz CT molecular complexity index is 984. The maximum Gasteiger partial charge on any atom is 0.337 e. The van der Waals surface area contributed by atoms with E-state index < -0.39 is 17.2 Å². The van der Waals surface area contributed by atoms with Crippen LogP contribution in [0.1, 0.15) is 15.9 Å². The van der Waals surface area contributed by atoms with E-state index in [2.05, 4.69) is 9.97 Å². The number of nitrogens with zero attached hydrogens (tertiary/aromatic N) is 1. The van der Waals surface area contributed by atoms with E-state index in [1.807, 2.05) is 11.9 Å². The summed E-state index contributed by atoms with van der Waals surface area (Å²) in [5.41, 5.74) is -0.433. The average molecular weight is 271 g/mol. The summed E-state index contributed by atoms with van der Waals surface area (Å²) in [5, 5.41) is 9.63. The molecule has 0 aliphatic rings. The van der Waals surface area contributed by atoms with Crippen LogP contribution in [0.15, 0.2) is 27.8 Å². The highest BCUT2D eigenvalue weighted by Crippen LogP contribution is 2.23. The summed E-state index contributed by atoms with van der Waals surface area (Å²) in [6, 6.07) is 5.07. The van der Waals surface area contributed by atoms with Gasteiger partial charge in [-0.1, -0.05) is 11.6 Å². The summed E-state index contributed by atoms with van der Waals surface area (Å²) in [6.45, 7) is 1.81. The molecule has 1 aromatic carbocycles. The molecule has 100 valence electrons. The number of aromatic nitrogens is 3. The molecule has 0 spiro atoms. The second kappa shape index (κ2) is 4.02. The van der Waals surface area contributed by atoms with Gasteiger partial charge in [-0.25, -0.2) is 14.6 Å².